The van der Waals surface area contributed by atoms with Crippen LogP contribution < -0.4 is 15.2 Å². The fraction of sp³-hybridized carbons (Fsp3) is 0.429. The van der Waals surface area contributed by atoms with Gasteiger partial charge in [0.05, 0.1) is 4.99 Å². The predicted molar refractivity (Wildman–Crippen MR) is 80.0 cm³/mol. The Labute approximate surface area is 123 Å². The predicted octanol–water partition coefficient (Wildman–Crippen LogP) is 1.35. The van der Waals surface area contributed by atoms with Crippen LogP contribution in [0.3, 0.4) is 0 Å². The zero-order valence-electron chi connectivity index (χ0n) is 11.4. The number of carbonyl (C=O) groups is 1. The van der Waals surface area contributed by atoms with Crippen molar-refractivity contribution < 1.29 is 14.3 Å². The van der Waals surface area contributed by atoms with E-state index in [2.05, 4.69) is 0 Å². The van der Waals surface area contributed by atoms with Crippen LogP contribution in [0.15, 0.2) is 24.3 Å². The van der Waals surface area contributed by atoms with Gasteiger partial charge in [-0.15, -0.1) is 0 Å². The van der Waals surface area contributed by atoms with E-state index in [9.17, 15) is 4.79 Å². The summed E-state index contributed by atoms with van der Waals surface area (Å²) in [7, 11) is 0. The highest BCUT2D eigenvalue weighted by Crippen LogP contribution is 2.31. The topological polar surface area (TPSA) is 64.8 Å². The standard InChI is InChI=1S/C14H18N2O3S/c1-2-16(8-7-13(15)20)14(17)12-9-18-10-5-3-4-6-11(10)19-12/h3-6,12H,2,7-9H2,1H3,(H2,15,20). The zero-order chi connectivity index (χ0) is 14.5. The molecule has 1 aromatic carbocycles. The van der Waals surface area contributed by atoms with Gasteiger partial charge in [-0.1, -0.05) is 24.4 Å². The fourth-order valence-corrected chi connectivity index (χ4v) is 2.11. The third-order valence-corrected chi connectivity index (χ3v) is 3.31. The van der Waals surface area contributed by atoms with Gasteiger partial charge in [0.25, 0.3) is 5.91 Å². The highest BCUT2D eigenvalue weighted by molar-refractivity contribution is 7.80. The maximum absolute atomic E-state index is 12.4. The normalized spacial score (nSPS) is 16.6. The molecule has 0 saturated heterocycles. The summed E-state index contributed by atoms with van der Waals surface area (Å²) >= 11 is 4.84. The van der Waals surface area contributed by atoms with E-state index in [1.807, 2.05) is 25.1 Å². The SMILES string of the molecule is CCN(CCC(N)=S)C(=O)C1COc2ccccc2O1. The second-order valence-electron chi connectivity index (χ2n) is 4.50. The van der Waals surface area contributed by atoms with E-state index in [-0.39, 0.29) is 12.5 Å². The Bertz CT molecular complexity index is 507. The van der Waals surface area contributed by atoms with E-state index in [1.165, 1.54) is 0 Å². The number of benzene rings is 1. The van der Waals surface area contributed by atoms with E-state index in [4.69, 9.17) is 27.4 Å². The van der Waals surface area contributed by atoms with Crippen LogP contribution in [0.5, 0.6) is 11.5 Å². The summed E-state index contributed by atoms with van der Waals surface area (Å²) in [5, 5.41) is 0. The van der Waals surface area contributed by atoms with Crippen LogP contribution in [0, 0.1) is 0 Å². The molecule has 2 N–H and O–H groups in total. The summed E-state index contributed by atoms with van der Waals surface area (Å²) in [5.74, 6) is 1.17. The minimum Gasteiger partial charge on any atom is -0.485 e. The molecule has 1 aliphatic heterocycles. The van der Waals surface area contributed by atoms with Gasteiger partial charge in [0.1, 0.15) is 6.61 Å². The number of thiocarbonyl (C=S) groups is 1. The molecule has 2 rings (SSSR count). The average molecular weight is 294 g/mol. The van der Waals surface area contributed by atoms with Crippen molar-refractivity contribution in [3.8, 4) is 11.5 Å². The second kappa shape index (κ2) is 6.56. The molecule has 1 heterocycles. The first-order chi connectivity index (χ1) is 9.61. The van der Waals surface area contributed by atoms with Crippen LogP contribution in [-0.2, 0) is 4.79 Å². The van der Waals surface area contributed by atoms with E-state index in [0.717, 1.165) is 0 Å². The summed E-state index contributed by atoms with van der Waals surface area (Å²) < 4.78 is 11.3. The maximum Gasteiger partial charge on any atom is 0.267 e. The van der Waals surface area contributed by atoms with E-state index >= 15 is 0 Å². The molecule has 1 aromatic rings. The molecule has 1 unspecified atom stereocenters. The highest BCUT2D eigenvalue weighted by atomic mass is 32.1. The van der Waals surface area contributed by atoms with Crippen molar-refractivity contribution >= 4 is 23.1 Å². The van der Waals surface area contributed by atoms with Crippen LogP contribution in [0.25, 0.3) is 0 Å². The van der Waals surface area contributed by atoms with Gasteiger partial charge in [-0.25, -0.2) is 0 Å². The van der Waals surface area contributed by atoms with E-state index in [1.54, 1.807) is 11.0 Å². The first kappa shape index (κ1) is 14.6. The molecule has 108 valence electrons. The largest absolute Gasteiger partial charge is 0.485 e. The lowest BCUT2D eigenvalue weighted by Crippen LogP contribution is -2.47. The number of ether oxygens (including phenoxy) is 2. The van der Waals surface area contributed by atoms with Crippen LogP contribution in [0.1, 0.15) is 13.3 Å². The molecule has 0 bridgehead atoms. The van der Waals surface area contributed by atoms with Gasteiger partial charge in [0.2, 0.25) is 6.10 Å². The number of rotatable bonds is 5. The molecular formula is C14H18N2O3S. The van der Waals surface area contributed by atoms with Crippen molar-refractivity contribution in [2.45, 2.75) is 19.4 Å². The number of para-hydroxylation sites is 2. The number of hydrogen-bond acceptors (Lipinski definition) is 4. The Hall–Kier alpha value is -1.82. The van der Waals surface area contributed by atoms with Crippen LogP contribution in [0.2, 0.25) is 0 Å². The summed E-state index contributed by atoms with van der Waals surface area (Å²) in [6, 6.07) is 7.32. The Morgan fingerprint density at radius 3 is 2.80 bits per heavy atom. The summed E-state index contributed by atoms with van der Waals surface area (Å²) in [6.07, 6.45) is -0.102. The molecule has 0 radical (unpaired) electrons. The minimum atomic E-state index is -0.615. The maximum atomic E-state index is 12.4. The lowest BCUT2D eigenvalue weighted by atomic mass is 10.2. The van der Waals surface area contributed by atoms with Crippen molar-refractivity contribution in [1.82, 2.24) is 4.90 Å². The van der Waals surface area contributed by atoms with Gasteiger partial charge in [0, 0.05) is 19.5 Å². The van der Waals surface area contributed by atoms with Crippen LogP contribution >= 0.6 is 12.2 Å². The lowest BCUT2D eigenvalue weighted by molar-refractivity contribution is -0.140. The number of hydrogen-bond donors (Lipinski definition) is 1. The molecular weight excluding hydrogens is 276 g/mol. The molecule has 1 aliphatic rings. The van der Waals surface area contributed by atoms with Crippen LogP contribution in [0.4, 0.5) is 0 Å². The number of nitrogens with two attached hydrogens (primary N) is 1. The summed E-state index contributed by atoms with van der Waals surface area (Å²) in [6.45, 7) is 3.23. The van der Waals surface area contributed by atoms with Gasteiger partial charge < -0.3 is 20.1 Å². The van der Waals surface area contributed by atoms with Crippen molar-refractivity contribution in [3.05, 3.63) is 24.3 Å². The molecule has 20 heavy (non-hydrogen) atoms. The quantitative estimate of drug-likeness (QED) is 0.831. The Balaban J connectivity index is 2.01. The number of carbonyl (C=O) groups excluding carboxylic acids is 1. The molecule has 1 amide bonds. The summed E-state index contributed by atoms with van der Waals surface area (Å²) in [5.41, 5.74) is 5.47. The zero-order valence-corrected chi connectivity index (χ0v) is 12.2. The monoisotopic (exact) mass is 294 g/mol. The number of amides is 1. The molecule has 6 heteroatoms. The molecule has 0 aliphatic carbocycles. The Morgan fingerprint density at radius 2 is 2.15 bits per heavy atom. The first-order valence-corrected chi connectivity index (χ1v) is 6.98. The molecule has 0 aromatic heterocycles. The molecule has 5 nitrogen and oxygen atoms in total. The number of fused-ring (bicyclic) bond motifs is 1. The Kier molecular flexibility index (Phi) is 4.79. The third kappa shape index (κ3) is 3.39. The van der Waals surface area contributed by atoms with Gasteiger partial charge in [0.15, 0.2) is 11.5 Å². The molecule has 0 saturated carbocycles. The van der Waals surface area contributed by atoms with Gasteiger partial charge in [-0.2, -0.15) is 0 Å². The van der Waals surface area contributed by atoms with Crippen molar-refractivity contribution in [3.63, 3.8) is 0 Å². The van der Waals surface area contributed by atoms with Gasteiger partial charge in [-0.3, -0.25) is 4.79 Å². The molecule has 0 spiro atoms. The Morgan fingerprint density at radius 1 is 1.45 bits per heavy atom. The smallest absolute Gasteiger partial charge is 0.267 e. The second-order valence-corrected chi connectivity index (χ2v) is 5.02. The number of nitrogens with zero attached hydrogens (tertiary/aromatic N) is 1. The fourth-order valence-electron chi connectivity index (χ4n) is 2.01. The molecule has 1 atom stereocenters. The number of likely N-dealkylation sites (N-methyl/N-ethyl adjacent to an activating group) is 1. The molecule has 0 fully saturated rings. The van der Waals surface area contributed by atoms with Gasteiger partial charge >= 0.3 is 0 Å². The minimum absolute atomic E-state index is 0.0988. The third-order valence-electron chi connectivity index (χ3n) is 3.11. The van der Waals surface area contributed by atoms with Crippen molar-refractivity contribution in [1.29, 1.82) is 0 Å². The van der Waals surface area contributed by atoms with E-state index < -0.39 is 6.10 Å². The lowest BCUT2D eigenvalue weighted by Gasteiger charge is -2.30. The highest BCUT2D eigenvalue weighted by Gasteiger charge is 2.30. The van der Waals surface area contributed by atoms with Gasteiger partial charge in [-0.05, 0) is 19.1 Å². The average Bonchev–Trinajstić information content (AvgIpc) is 2.47. The van der Waals surface area contributed by atoms with Crippen molar-refractivity contribution in [2.75, 3.05) is 19.7 Å². The van der Waals surface area contributed by atoms with Crippen molar-refractivity contribution in [2.24, 2.45) is 5.73 Å². The first-order valence-electron chi connectivity index (χ1n) is 6.57. The van der Waals surface area contributed by atoms with E-state index in [0.29, 0.717) is 36.0 Å². The summed E-state index contributed by atoms with van der Waals surface area (Å²) in [4.78, 5) is 14.5. The van der Waals surface area contributed by atoms with Crippen LogP contribution in [-0.4, -0.2) is 41.6 Å².